The Morgan fingerprint density at radius 2 is 1.45 bits per heavy atom. The maximum Gasteiger partial charge on any atom is 0.573 e. The Hall–Kier alpha value is -4.34. The number of alkyl halides is 6. The first-order chi connectivity index (χ1) is 18.0. The van der Waals surface area contributed by atoms with Crippen molar-refractivity contribution in [1.29, 1.82) is 0 Å². The van der Waals surface area contributed by atoms with Crippen molar-refractivity contribution in [2.24, 2.45) is 0 Å². The SMILES string of the molecule is O=C(NC(Cc1ccccc1)(c1cccc(C(F)(F)F)c1)c1ccccn1)c1cccc(OC(F)(F)F)c1. The number of nitrogens with one attached hydrogen (secondary N) is 1. The van der Waals surface area contributed by atoms with Crippen LogP contribution in [0.5, 0.6) is 5.75 Å². The molecular formula is C28H20F6N2O2. The third kappa shape index (κ3) is 6.31. The highest BCUT2D eigenvalue weighted by molar-refractivity contribution is 5.95. The van der Waals surface area contributed by atoms with Gasteiger partial charge in [-0.15, -0.1) is 13.2 Å². The summed E-state index contributed by atoms with van der Waals surface area (Å²) in [6.45, 7) is 0. The molecule has 196 valence electrons. The molecule has 0 spiro atoms. The average molecular weight is 530 g/mol. The predicted octanol–water partition coefficient (Wildman–Crippen LogP) is 6.92. The van der Waals surface area contributed by atoms with Gasteiger partial charge in [0.05, 0.1) is 11.3 Å². The molecule has 1 amide bonds. The Morgan fingerprint density at radius 3 is 2.11 bits per heavy atom. The number of ether oxygens (including phenoxy) is 1. The van der Waals surface area contributed by atoms with Gasteiger partial charge in [0.2, 0.25) is 0 Å². The number of carbonyl (C=O) groups is 1. The number of amides is 1. The Bertz CT molecular complexity index is 1390. The van der Waals surface area contributed by atoms with Gasteiger partial charge in [-0.1, -0.05) is 54.6 Å². The number of aromatic nitrogens is 1. The molecule has 0 bridgehead atoms. The van der Waals surface area contributed by atoms with Crippen molar-refractivity contribution < 1.29 is 35.9 Å². The fraction of sp³-hybridized carbons (Fsp3) is 0.143. The van der Waals surface area contributed by atoms with Crippen molar-refractivity contribution in [3.63, 3.8) is 0 Å². The van der Waals surface area contributed by atoms with Crippen molar-refractivity contribution in [3.8, 4) is 5.75 Å². The van der Waals surface area contributed by atoms with E-state index in [-0.39, 0.29) is 23.2 Å². The molecule has 0 aliphatic heterocycles. The maximum absolute atomic E-state index is 13.7. The van der Waals surface area contributed by atoms with Crippen molar-refractivity contribution in [1.82, 2.24) is 10.3 Å². The standard InChI is InChI=1S/C28H20F6N2O2/c29-27(30,31)22-12-7-11-21(17-22)26(24-14-4-5-15-35-24,18-19-8-2-1-3-9-19)36-25(37)20-10-6-13-23(16-20)38-28(32,33)34/h1-17H,18H2,(H,36,37). The number of hydrogen-bond donors (Lipinski definition) is 1. The lowest BCUT2D eigenvalue weighted by Gasteiger charge is -2.36. The quantitative estimate of drug-likeness (QED) is 0.264. The van der Waals surface area contributed by atoms with Crippen molar-refractivity contribution in [3.05, 3.63) is 131 Å². The van der Waals surface area contributed by atoms with Crippen molar-refractivity contribution in [2.75, 3.05) is 0 Å². The molecular weight excluding hydrogens is 510 g/mol. The van der Waals surface area contributed by atoms with Crippen LogP contribution in [0.3, 0.4) is 0 Å². The molecule has 0 saturated carbocycles. The molecule has 1 heterocycles. The number of carbonyl (C=O) groups excluding carboxylic acids is 1. The van der Waals surface area contributed by atoms with Crippen LogP contribution in [0.1, 0.15) is 32.7 Å². The molecule has 10 heteroatoms. The minimum absolute atomic E-state index is 0.00333. The number of rotatable bonds is 7. The lowest BCUT2D eigenvalue weighted by molar-refractivity contribution is -0.274. The summed E-state index contributed by atoms with van der Waals surface area (Å²) in [5.74, 6) is -1.45. The van der Waals surface area contributed by atoms with Crippen LogP contribution >= 0.6 is 0 Å². The topological polar surface area (TPSA) is 51.2 Å². The summed E-state index contributed by atoms with van der Waals surface area (Å²) in [4.78, 5) is 17.9. The highest BCUT2D eigenvalue weighted by Gasteiger charge is 2.40. The number of benzene rings is 3. The lowest BCUT2D eigenvalue weighted by atomic mass is 9.79. The van der Waals surface area contributed by atoms with Gasteiger partial charge in [0.15, 0.2) is 0 Å². The van der Waals surface area contributed by atoms with Crippen LogP contribution in [0.2, 0.25) is 0 Å². The first-order valence-electron chi connectivity index (χ1n) is 11.3. The zero-order valence-electron chi connectivity index (χ0n) is 19.6. The third-order valence-electron chi connectivity index (χ3n) is 5.75. The van der Waals surface area contributed by atoms with E-state index in [1.165, 1.54) is 30.5 Å². The summed E-state index contributed by atoms with van der Waals surface area (Å²) >= 11 is 0. The van der Waals surface area contributed by atoms with Crippen molar-refractivity contribution >= 4 is 5.91 Å². The van der Waals surface area contributed by atoms with Gasteiger partial charge in [0.25, 0.3) is 5.91 Å². The number of nitrogens with zero attached hydrogens (tertiary/aromatic N) is 1. The molecule has 0 fully saturated rings. The van der Waals surface area contributed by atoms with Gasteiger partial charge in [-0.25, -0.2) is 0 Å². The summed E-state index contributed by atoms with van der Waals surface area (Å²) in [7, 11) is 0. The first-order valence-corrected chi connectivity index (χ1v) is 11.3. The van der Waals surface area contributed by atoms with E-state index >= 15 is 0 Å². The zero-order valence-corrected chi connectivity index (χ0v) is 19.6. The fourth-order valence-electron chi connectivity index (χ4n) is 4.10. The molecule has 0 radical (unpaired) electrons. The maximum atomic E-state index is 13.7. The average Bonchev–Trinajstić information content (AvgIpc) is 2.88. The molecule has 1 atom stereocenters. The normalized spacial score (nSPS) is 13.4. The summed E-state index contributed by atoms with van der Waals surface area (Å²) in [5.41, 5.74) is -1.75. The van der Waals surface area contributed by atoms with E-state index in [1.807, 2.05) is 0 Å². The molecule has 1 aromatic heterocycles. The molecule has 0 aliphatic rings. The molecule has 0 saturated heterocycles. The van der Waals surface area contributed by atoms with E-state index in [2.05, 4.69) is 15.0 Å². The van der Waals surface area contributed by atoms with E-state index in [0.29, 0.717) is 5.56 Å². The number of hydrogen-bond acceptors (Lipinski definition) is 3. The van der Waals surface area contributed by atoms with Gasteiger partial charge < -0.3 is 10.1 Å². The molecule has 4 rings (SSSR count). The molecule has 4 aromatic rings. The van der Waals surface area contributed by atoms with Crippen LogP contribution in [0.4, 0.5) is 26.3 Å². The molecule has 38 heavy (non-hydrogen) atoms. The Labute approximate surface area is 213 Å². The Morgan fingerprint density at radius 1 is 0.763 bits per heavy atom. The minimum Gasteiger partial charge on any atom is -0.406 e. The van der Waals surface area contributed by atoms with E-state index in [4.69, 9.17) is 0 Å². The Balaban J connectivity index is 1.87. The minimum atomic E-state index is -4.97. The number of halogens is 6. The van der Waals surface area contributed by atoms with Crippen LogP contribution in [0, 0.1) is 0 Å². The summed E-state index contributed by atoms with van der Waals surface area (Å²) < 4.78 is 83.2. The second-order valence-electron chi connectivity index (χ2n) is 8.39. The Kier molecular flexibility index (Phi) is 7.43. The van der Waals surface area contributed by atoms with Crippen molar-refractivity contribution in [2.45, 2.75) is 24.5 Å². The van der Waals surface area contributed by atoms with E-state index < -0.39 is 35.3 Å². The first kappa shape index (κ1) is 26.7. The van der Waals surface area contributed by atoms with E-state index in [9.17, 15) is 31.1 Å². The van der Waals surface area contributed by atoms with Gasteiger partial charge in [0.1, 0.15) is 11.3 Å². The van der Waals surface area contributed by atoms with E-state index in [1.54, 1.807) is 48.5 Å². The summed E-state index contributed by atoms with van der Waals surface area (Å²) in [6, 6.07) is 22.5. The zero-order chi connectivity index (χ0) is 27.4. The van der Waals surface area contributed by atoms with Gasteiger partial charge in [-0.05, 0) is 53.6 Å². The molecule has 4 nitrogen and oxygen atoms in total. The smallest absolute Gasteiger partial charge is 0.406 e. The molecule has 0 aliphatic carbocycles. The van der Waals surface area contributed by atoms with Crippen LogP contribution in [0.15, 0.2) is 103 Å². The summed E-state index contributed by atoms with van der Waals surface area (Å²) in [6.07, 6.45) is -8.20. The second-order valence-corrected chi connectivity index (χ2v) is 8.39. The molecule has 1 N–H and O–H groups in total. The lowest BCUT2D eigenvalue weighted by Crippen LogP contribution is -2.49. The van der Waals surface area contributed by atoms with Gasteiger partial charge in [-0.3, -0.25) is 9.78 Å². The van der Waals surface area contributed by atoms with Gasteiger partial charge in [-0.2, -0.15) is 13.2 Å². The van der Waals surface area contributed by atoms with Crippen LogP contribution in [-0.4, -0.2) is 17.3 Å². The van der Waals surface area contributed by atoms with Crippen LogP contribution < -0.4 is 10.1 Å². The highest BCUT2D eigenvalue weighted by atomic mass is 19.4. The number of pyridine rings is 1. The van der Waals surface area contributed by atoms with Crippen LogP contribution in [-0.2, 0) is 18.1 Å². The molecule has 3 aromatic carbocycles. The largest absolute Gasteiger partial charge is 0.573 e. The van der Waals surface area contributed by atoms with Gasteiger partial charge >= 0.3 is 12.5 Å². The predicted molar refractivity (Wildman–Crippen MR) is 127 cm³/mol. The molecule has 1 unspecified atom stereocenters. The van der Waals surface area contributed by atoms with Crippen LogP contribution in [0.25, 0.3) is 0 Å². The highest BCUT2D eigenvalue weighted by Crippen LogP contribution is 2.37. The second kappa shape index (κ2) is 10.6. The summed E-state index contributed by atoms with van der Waals surface area (Å²) in [5, 5.41) is 2.79. The fourth-order valence-corrected chi connectivity index (χ4v) is 4.10. The third-order valence-corrected chi connectivity index (χ3v) is 5.75. The van der Waals surface area contributed by atoms with Gasteiger partial charge in [0, 0.05) is 18.2 Å². The van der Waals surface area contributed by atoms with E-state index in [0.717, 1.165) is 24.3 Å². The monoisotopic (exact) mass is 530 g/mol.